The van der Waals surface area contributed by atoms with Crippen LogP contribution in [-0.4, -0.2) is 9.97 Å². The number of nitrogens with one attached hydrogen (secondary N) is 1. The van der Waals surface area contributed by atoms with E-state index in [1.54, 1.807) is 0 Å². The molecule has 19 heavy (non-hydrogen) atoms. The average Bonchev–Trinajstić information content (AvgIpc) is 2.70. The molecule has 1 aromatic carbocycles. The zero-order valence-corrected chi connectivity index (χ0v) is 13.4. The van der Waals surface area contributed by atoms with Crippen molar-refractivity contribution < 1.29 is 0 Å². The van der Waals surface area contributed by atoms with Gasteiger partial charge in [0.1, 0.15) is 5.82 Å². The summed E-state index contributed by atoms with van der Waals surface area (Å²) in [7, 11) is 0. The normalized spacial score (nSPS) is 12.3. The Morgan fingerprint density at radius 3 is 2.53 bits per heavy atom. The van der Waals surface area contributed by atoms with E-state index in [0.29, 0.717) is 10.9 Å². The van der Waals surface area contributed by atoms with Crippen LogP contribution < -0.4 is 0 Å². The Labute approximate surface area is 130 Å². The number of rotatable bonds is 3. The minimum atomic E-state index is -0.0748. The van der Waals surface area contributed by atoms with Crippen LogP contribution in [0.1, 0.15) is 30.6 Å². The quantitative estimate of drug-likeness (QED) is 0.754. The zero-order valence-electron chi connectivity index (χ0n) is 11.1. The highest BCUT2D eigenvalue weighted by atomic mass is 35.5. The van der Waals surface area contributed by atoms with Crippen molar-refractivity contribution in [3.8, 4) is 11.4 Å². The van der Waals surface area contributed by atoms with E-state index in [4.69, 9.17) is 23.2 Å². The number of halogens is 3. The van der Waals surface area contributed by atoms with Crippen LogP contribution in [-0.2, 0) is 0 Å². The summed E-state index contributed by atoms with van der Waals surface area (Å²) < 4.78 is 0. The van der Waals surface area contributed by atoms with E-state index in [9.17, 15) is 0 Å². The van der Waals surface area contributed by atoms with Crippen molar-refractivity contribution in [1.29, 1.82) is 0 Å². The summed E-state index contributed by atoms with van der Waals surface area (Å²) in [5.74, 6) is 1.16. The molecular weight excluding hydrogens is 303 g/mol. The van der Waals surface area contributed by atoms with Gasteiger partial charge in [0, 0.05) is 16.3 Å². The van der Waals surface area contributed by atoms with Gasteiger partial charge >= 0.3 is 0 Å². The van der Waals surface area contributed by atoms with Gasteiger partial charge in [0.15, 0.2) is 0 Å². The van der Waals surface area contributed by atoms with Crippen LogP contribution in [0.25, 0.3) is 11.4 Å². The van der Waals surface area contributed by atoms with Gasteiger partial charge in [-0.1, -0.05) is 37.6 Å². The van der Waals surface area contributed by atoms with Gasteiger partial charge in [-0.3, -0.25) is 0 Å². The number of aromatic nitrogens is 2. The standard InChI is InChI=1S/C14H16Cl2N2.ClH/c1-8(2)12(16)13-9(3)17-14(18-13)10-5-4-6-11(15)7-10;/h4-8,12H,1-3H3,(H,17,18);1H. The van der Waals surface area contributed by atoms with Crippen LogP contribution in [0.4, 0.5) is 0 Å². The Morgan fingerprint density at radius 2 is 1.95 bits per heavy atom. The van der Waals surface area contributed by atoms with Crippen molar-refractivity contribution in [2.45, 2.75) is 26.1 Å². The monoisotopic (exact) mass is 318 g/mol. The number of aromatic amines is 1. The molecule has 0 saturated carbocycles. The maximum atomic E-state index is 6.37. The van der Waals surface area contributed by atoms with Gasteiger partial charge in [0.2, 0.25) is 0 Å². The van der Waals surface area contributed by atoms with Gasteiger partial charge in [-0.25, -0.2) is 4.98 Å². The molecule has 0 saturated heterocycles. The number of aryl methyl sites for hydroxylation is 1. The summed E-state index contributed by atoms with van der Waals surface area (Å²) >= 11 is 12.4. The van der Waals surface area contributed by atoms with Crippen molar-refractivity contribution in [2.75, 3.05) is 0 Å². The van der Waals surface area contributed by atoms with Crippen LogP contribution in [0.2, 0.25) is 5.02 Å². The third kappa shape index (κ3) is 3.65. The molecule has 1 N–H and O–H groups in total. The average molecular weight is 320 g/mol. The molecule has 104 valence electrons. The summed E-state index contributed by atoms with van der Waals surface area (Å²) in [6.07, 6.45) is 0. The Kier molecular flexibility index (Phi) is 5.72. The largest absolute Gasteiger partial charge is 0.342 e. The van der Waals surface area contributed by atoms with Crippen LogP contribution >= 0.6 is 35.6 Å². The molecule has 1 unspecified atom stereocenters. The van der Waals surface area contributed by atoms with Crippen molar-refractivity contribution in [2.24, 2.45) is 5.92 Å². The topological polar surface area (TPSA) is 28.7 Å². The second-order valence-corrected chi connectivity index (χ2v) is 5.66. The second-order valence-electron chi connectivity index (χ2n) is 4.75. The molecule has 2 nitrogen and oxygen atoms in total. The van der Waals surface area contributed by atoms with E-state index in [-0.39, 0.29) is 17.8 Å². The number of H-pyrrole nitrogens is 1. The Balaban J connectivity index is 0.00000180. The Bertz CT molecular complexity index is 549. The minimum Gasteiger partial charge on any atom is -0.342 e. The van der Waals surface area contributed by atoms with E-state index in [1.165, 1.54) is 0 Å². The number of benzene rings is 1. The highest BCUT2D eigenvalue weighted by Crippen LogP contribution is 2.31. The molecule has 0 aliphatic carbocycles. The first-order valence-electron chi connectivity index (χ1n) is 5.95. The lowest BCUT2D eigenvalue weighted by atomic mass is 10.1. The molecule has 1 aromatic heterocycles. The van der Waals surface area contributed by atoms with Crippen LogP contribution in [0.5, 0.6) is 0 Å². The summed E-state index contributed by atoms with van der Waals surface area (Å²) in [5.41, 5.74) is 2.91. The molecule has 0 fully saturated rings. The molecule has 0 bridgehead atoms. The van der Waals surface area contributed by atoms with E-state index < -0.39 is 0 Å². The smallest absolute Gasteiger partial charge is 0.137 e. The van der Waals surface area contributed by atoms with Crippen LogP contribution in [0.15, 0.2) is 24.3 Å². The fourth-order valence-corrected chi connectivity index (χ4v) is 2.23. The number of nitrogens with zero attached hydrogens (tertiary/aromatic N) is 1. The number of hydrogen-bond acceptors (Lipinski definition) is 1. The fraction of sp³-hybridized carbons (Fsp3) is 0.357. The maximum Gasteiger partial charge on any atom is 0.137 e. The van der Waals surface area contributed by atoms with Crippen LogP contribution in [0.3, 0.4) is 0 Å². The lowest BCUT2D eigenvalue weighted by Crippen LogP contribution is -2.01. The summed E-state index contributed by atoms with van der Waals surface area (Å²) in [6, 6.07) is 7.63. The predicted octanol–water partition coefficient (Wildman–Crippen LogP) is 5.40. The van der Waals surface area contributed by atoms with Crippen LogP contribution in [0, 0.1) is 12.8 Å². The van der Waals surface area contributed by atoms with Crippen molar-refractivity contribution >= 4 is 35.6 Å². The molecule has 0 amide bonds. The predicted molar refractivity (Wildman–Crippen MR) is 84.5 cm³/mol. The Hall–Kier alpha value is -0.700. The van der Waals surface area contributed by atoms with Gasteiger partial charge in [0.05, 0.1) is 11.1 Å². The van der Waals surface area contributed by atoms with Crippen molar-refractivity contribution in [1.82, 2.24) is 9.97 Å². The van der Waals surface area contributed by atoms with Gasteiger partial charge in [-0.05, 0) is 25.0 Å². The first kappa shape index (κ1) is 16.4. The van der Waals surface area contributed by atoms with Crippen molar-refractivity contribution in [3.63, 3.8) is 0 Å². The van der Waals surface area contributed by atoms with Gasteiger partial charge in [-0.15, -0.1) is 24.0 Å². The van der Waals surface area contributed by atoms with Gasteiger partial charge < -0.3 is 4.98 Å². The van der Waals surface area contributed by atoms with Crippen molar-refractivity contribution in [3.05, 3.63) is 40.7 Å². The lowest BCUT2D eigenvalue weighted by Gasteiger charge is -2.10. The number of imidazole rings is 1. The number of alkyl halides is 1. The molecule has 0 spiro atoms. The zero-order chi connectivity index (χ0) is 13.3. The fourth-order valence-electron chi connectivity index (χ4n) is 1.83. The third-order valence-corrected chi connectivity index (χ3v) is 3.81. The summed E-state index contributed by atoms with van der Waals surface area (Å²) in [5, 5.41) is 0.628. The van der Waals surface area contributed by atoms with Gasteiger partial charge in [-0.2, -0.15) is 0 Å². The highest BCUT2D eigenvalue weighted by Gasteiger charge is 2.19. The minimum absolute atomic E-state index is 0. The summed E-state index contributed by atoms with van der Waals surface area (Å²) in [6.45, 7) is 6.17. The molecule has 2 rings (SSSR count). The molecule has 0 radical (unpaired) electrons. The summed E-state index contributed by atoms with van der Waals surface area (Å²) in [4.78, 5) is 7.87. The first-order chi connectivity index (χ1) is 8.49. The maximum absolute atomic E-state index is 6.37. The molecule has 0 aliphatic rings. The van der Waals surface area contributed by atoms with E-state index in [2.05, 4.69) is 23.8 Å². The highest BCUT2D eigenvalue weighted by molar-refractivity contribution is 6.30. The molecule has 2 aromatic rings. The molecule has 0 aliphatic heterocycles. The lowest BCUT2D eigenvalue weighted by molar-refractivity contribution is 0.612. The Morgan fingerprint density at radius 1 is 1.26 bits per heavy atom. The van der Waals surface area contributed by atoms with E-state index in [1.807, 2.05) is 31.2 Å². The molecule has 5 heteroatoms. The molecule has 1 atom stereocenters. The van der Waals surface area contributed by atoms with Gasteiger partial charge in [0.25, 0.3) is 0 Å². The molecular formula is C14H17Cl3N2. The second kappa shape index (κ2) is 6.65. The molecule has 1 heterocycles. The van der Waals surface area contributed by atoms with E-state index in [0.717, 1.165) is 22.8 Å². The first-order valence-corrected chi connectivity index (χ1v) is 6.77. The number of hydrogen-bond donors (Lipinski definition) is 1. The SMILES string of the molecule is Cc1[nH]c(-c2cccc(Cl)c2)nc1C(Cl)C(C)C.Cl. The third-order valence-electron chi connectivity index (χ3n) is 2.87. The van der Waals surface area contributed by atoms with E-state index >= 15 is 0 Å².